The van der Waals surface area contributed by atoms with Gasteiger partial charge in [-0.05, 0) is 0 Å². The van der Waals surface area contributed by atoms with E-state index in [1.807, 2.05) is 0 Å². The van der Waals surface area contributed by atoms with E-state index in [-0.39, 0.29) is 5.97 Å². The molecule has 0 bridgehead atoms. The molecule has 0 radical (unpaired) electrons. The Labute approximate surface area is 91.5 Å². The minimum atomic E-state index is -0.196. The Balaban J connectivity index is 3.79. The van der Waals surface area contributed by atoms with Gasteiger partial charge in [-0.15, -0.1) is 12.3 Å². The van der Waals surface area contributed by atoms with Crippen LogP contribution in [0.4, 0.5) is 0 Å². The molecule has 0 heterocycles. The van der Waals surface area contributed by atoms with Gasteiger partial charge in [0.25, 0.3) is 0 Å². The number of rotatable bonds is 8. The second-order valence-corrected chi connectivity index (χ2v) is 3.11. The lowest BCUT2D eigenvalue weighted by Crippen LogP contribution is -2.30. The van der Waals surface area contributed by atoms with Crippen LogP contribution in [0.5, 0.6) is 0 Å². The summed E-state index contributed by atoms with van der Waals surface area (Å²) in [6.45, 7) is 2.88. The van der Waals surface area contributed by atoms with Gasteiger partial charge in [-0.25, -0.2) is 0 Å². The number of ether oxygens (including phenoxy) is 2. The minimum absolute atomic E-state index is 0.196. The molecule has 0 saturated carbocycles. The van der Waals surface area contributed by atoms with Crippen molar-refractivity contribution >= 4 is 5.97 Å². The van der Waals surface area contributed by atoms with Crippen LogP contribution in [0, 0.1) is 12.3 Å². The van der Waals surface area contributed by atoms with Gasteiger partial charge in [0.2, 0.25) is 0 Å². The smallest absolute Gasteiger partial charge is 0.306 e. The fourth-order valence-electron chi connectivity index (χ4n) is 1.13. The fourth-order valence-corrected chi connectivity index (χ4v) is 1.13. The van der Waals surface area contributed by atoms with Crippen LogP contribution in [0.1, 0.15) is 12.8 Å². The van der Waals surface area contributed by atoms with E-state index in [0.717, 1.165) is 13.1 Å². The molecule has 0 aliphatic carbocycles. The highest BCUT2D eigenvalue weighted by molar-refractivity contribution is 5.69. The Morgan fingerprint density at radius 3 is 2.60 bits per heavy atom. The lowest BCUT2D eigenvalue weighted by molar-refractivity contribution is -0.141. The molecule has 0 aromatic carbocycles. The first kappa shape index (κ1) is 13.9. The highest BCUT2D eigenvalue weighted by atomic mass is 16.5. The van der Waals surface area contributed by atoms with Crippen molar-refractivity contribution in [3.63, 3.8) is 0 Å². The molecule has 86 valence electrons. The van der Waals surface area contributed by atoms with Gasteiger partial charge in [0.15, 0.2) is 0 Å². The molecule has 0 aliphatic rings. The number of hydrogen-bond acceptors (Lipinski definition) is 4. The van der Waals surface area contributed by atoms with Crippen molar-refractivity contribution in [3.05, 3.63) is 0 Å². The zero-order chi connectivity index (χ0) is 11.5. The van der Waals surface area contributed by atoms with E-state index in [1.54, 1.807) is 7.11 Å². The van der Waals surface area contributed by atoms with Crippen molar-refractivity contribution in [2.45, 2.75) is 12.8 Å². The van der Waals surface area contributed by atoms with Crippen LogP contribution in [0.2, 0.25) is 0 Å². The normalized spacial score (nSPS) is 10.0. The molecular formula is C11H19NO3. The van der Waals surface area contributed by atoms with Crippen molar-refractivity contribution in [2.24, 2.45) is 0 Å². The molecule has 4 nitrogen and oxygen atoms in total. The van der Waals surface area contributed by atoms with Crippen LogP contribution in [0.15, 0.2) is 0 Å². The van der Waals surface area contributed by atoms with Gasteiger partial charge in [0.05, 0.1) is 20.1 Å². The molecule has 0 rings (SSSR count). The first-order valence-electron chi connectivity index (χ1n) is 4.96. The molecule has 0 saturated heterocycles. The summed E-state index contributed by atoms with van der Waals surface area (Å²) >= 11 is 0. The third-order valence-electron chi connectivity index (χ3n) is 2.04. The van der Waals surface area contributed by atoms with E-state index in [9.17, 15) is 4.79 Å². The van der Waals surface area contributed by atoms with Crippen molar-refractivity contribution in [1.82, 2.24) is 4.90 Å². The van der Waals surface area contributed by atoms with Crippen LogP contribution >= 0.6 is 0 Å². The quantitative estimate of drug-likeness (QED) is 0.435. The van der Waals surface area contributed by atoms with Crippen LogP contribution in [0.3, 0.4) is 0 Å². The third-order valence-corrected chi connectivity index (χ3v) is 2.04. The topological polar surface area (TPSA) is 38.8 Å². The van der Waals surface area contributed by atoms with Crippen LogP contribution in [-0.4, -0.2) is 51.3 Å². The first-order chi connectivity index (χ1) is 7.24. The molecule has 0 atom stereocenters. The monoisotopic (exact) mass is 213 g/mol. The van der Waals surface area contributed by atoms with Gasteiger partial charge in [0, 0.05) is 33.2 Å². The Bertz CT molecular complexity index is 210. The van der Waals surface area contributed by atoms with E-state index in [1.165, 1.54) is 7.11 Å². The molecule has 0 spiro atoms. The first-order valence-corrected chi connectivity index (χ1v) is 4.96. The molecule has 0 aliphatic heterocycles. The summed E-state index contributed by atoms with van der Waals surface area (Å²) in [7, 11) is 3.04. The van der Waals surface area contributed by atoms with E-state index in [2.05, 4.69) is 15.6 Å². The third kappa shape index (κ3) is 7.98. The Kier molecular flexibility index (Phi) is 8.84. The lowest BCUT2D eigenvalue weighted by atomic mass is 10.3. The van der Waals surface area contributed by atoms with Gasteiger partial charge in [-0.2, -0.15) is 0 Å². The van der Waals surface area contributed by atoms with E-state index < -0.39 is 0 Å². The van der Waals surface area contributed by atoms with Gasteiger partial charge >= 0.3 is 5.97 Å². The summed E-state index contributed by atoms with van der Waals surface area (Å²) in [6, 6.07) is 0. The van der Waals surface area contributed by atoms with Gasteiger partial charge < -0.3 is 9.47 Å². The Hall–Kier alpha value is -1.05. The number of methoxy groups -OCH3 is 2. The van der Waals surface area contributed by atoms with Crippen molar-refractivity contribution in [3.8, 4) is 12.3 Å². The second-order valence-electron chi connectivity index (χ2n) is 3.11. The molecule has 0 fully saturated rings. The predicted octanol–water partition coefficient (Wildman–Crippen LogP) is 0.521. The van der Waals surface area contributed by atoms with Crippen LogP contribution in [-0.2, 0) is 14.3 Å². The summed E-state index contributed by atoms with van der Waals surface area (Å²) in [5.41, 5.74) is 0. The number of terminal acetylenes is 1. The molecule has 0 aromatic heterocycles. The maximum absolute atomic E-state index is 10.9. The van der Waals surface area contributed by atoms with Crippen LogP contribution in [0.25, 0.3) is 0 Å². The minimum Gasteiger partial charge on any atom is -0.469 e. The molecule has 0 amide bonds. The lowest BCUT2D eigenvalue weighted by Gasteiger charge is -2.19. The van der Waals surface area contributed by atoms with Crippen molar-refractivity contribution < 1.29 is 14.3 Å². The molecular weight excluding hydrogens is 194 g/mol. The van der Waals surface area contributed by atoms with Crippen molar-refractivity contribution in [1.29, 1.82) is 0 Å². The molecule has 0 aromatic rings. The average molecular weight is 213 g/mol. The maximum Gasteiger partial charge on any atom is 0.306 e. The van der Waals surface area contributed by atoms with E-state index in [4.69, 9.17) is 11.2 Å². The summed E-state index contributed by atoms with van der Waals surface area (Å²) in [5, 5.41) is 0. The maximum atomic E-state index is 10.9. The largest absolute Gasteiger partial charge is 0.469 e. The molecule has 0 N–H and O–H groups in total. The van der Waals surface area contributed by atoms with Gasteiger partial charge in [0.1, 0.15) is 0 Å². The zero-order valence-electron chi connectivity index (χ0n) is 9.49. The molecule has 15 heavy (non-hydrogen) atoms. The number of carbonyl (C=O) groups excluding carboxylic acids is 1. The van der Waals surface area contributed by atoms with Crippen LogP contribution < -0.4 is 0 Å². The van der Waals surface area contributed by atoms with Crippen molar-refractivity contribution in [2.75, 3.05) is 40.5 Å². The summed E-state index contributed by atoms with van der Waals surface area (Å²) in [6.07, 6.45) is 6.27. The number of esters is 1. The van der Waals surface area contributed by atoms with E-state index in [0.29, 0.717) is 26.0 Å². The highest BCUT2D eigenvalue weighted by Gasteiger charge is 2.07. The fraction of sp³-hybridized carbons (Fsp3) is 0.727. The summed E-state index contributed by atoms with van der Waals surface area (Å²) < 4.78 is 9.55. The number of hydrogen-bond donors (Lipinski definition) is 0. The van der Waals surface area contributed by atoms with E-state index >= 15 is 0 Å². The number of carbonyl (C=O) groups is 1. The predicted molar refractivity (Wildman–Crippen MR) is 58.4 cm³/mol. The zero-order valence-corrected chi connectivity index (χ0v) is 9.49. The standard InChI is InChI=1S/C11H19NO3/c1-4-5-7-12(9-10-14-2)8-6-11(13)15-3/h1H,5-10H2,2-3H3. The molecule has 0 unspecified atom stereocenters. The highest BCUT2D eigenvalue weighted by Crippen LogP contribution is 1.95. The van der Waals surface area contributed by atoms with Gasteiger partial charge in [-0.1, -0.05) is 0 Å². The Morgan fingerprint density at radius 1 is 1.33 bits per heavy atom. The summed E-state index contributed by atoms with van der Waals surface area (Å²) in [4.78, 5) is 13.0. The van der Waals surface area contributed by atoms with Gasteiger partial charge in [-0.3, -0.25) is 9.69 Å². The second kappa shape index (κ2) is 9.50. The number of nitrogens with zero attached hydrogens (tertiary/aromatic N) is 1. The molecule has 4 heteroatoms. The Morgan fingerprint density at radius 2 is 2.07 bits per heavy atom. The average Bonchev–Trinajstić information content (AvgIpc) is 2.27. The summed E-state index contributed by atoms with van der Waals surface area (Å²) in [5.74, 6) is 2.38. The SMILES string of the molecule is C#CCCN(CCOC)CCC(=O)OC.